The molecule has 5 nitrogen and oxygen atoms in total. The molecule has 3 rings (SSSR count). The van der Waals surface area contributed by atoms with Crippen LogP contribution >= 0.6 is 0 Å². The van der Waals surface area contributed by atoms with E-state index in [-0.39, 0.29) is 5.91 Å². The van der Waals surface area contributed by atoms with Crippen LogP contribution in [0.2, 0.25) is 0 Å². The lowest BCUT2D eigenvalue weighted by molar-refractivity contribution is 0.102. The topological polar surface area (TPSA) is 61.0 Å². The fraction of sp³-hybridized carbons (Fsp3) is 0.111. The summed E-state index contributed by atoms with van der Waals surface area (Å²) in [5, 5.41) is 9.76. The molecule has 0 saturated carbocycles. The van der Waals surface area contributed by atoms with Crippen molar-refractivity contribution in [1.82, 2.24) is 10.2 Å². The molecule has 23 heavy (non-hydrogen) atoms. The molecule has 0 unspecified atom stereocenters. The van der Waals surface area contributed by atoms with E-state index in [9.17, 15) is 4.79 Å². The normalized spacial score (nSPS) is 10.3. The number of anilines is 2. The van der Waals surface area contributed by atoms with Gasteiger partial charge in [0.1, 0.15) is 0 Å². The highest BCUT2D eigenvalue weighted by molar-refractivity contribution is 6.04. The van der Waals surface area contributed by atoms with Gasteiger partial charge in [-0.05, 0) is 42.0 Å². The number of hydrogen-bond acceptors (Lipinski definition) is 3. The van der Waals surface area contributed by atoms with Crippen molar-refractivity contribution in [3.8, 4) is 11.3 Å². The molecule has 0 aliphatic heterocycles. The number of benzene rings is 2. The second-order valence-electron chi connectivity index (χ2n) is 5.45. The van der Waals surface area contributed by atoms with Crippen molar-refractivity contribution in [2.45, 2.75) is 0 Å². The summed E-state index contributed by atoms with van der Waals surface area (Å²) in [5.74, 6) is -0.122. The van der Waals surface area contributed by atoms with Gasteiger partial charge in [-0.3, -0.25) is 9.89 Å². The van der Waals surface area contributed by atoms with Gasteiger partial charge >= 0.3 is 0 Å². The average molecular weight is 306 g/mol. The highest BCUT2D eigenvalue weighted by atomic mass is 16.1. The average Bonchev–Trinajstić information content (AvgIpc) is 3.10. The van der Waals surface area contributed by atoms with Crippen LogP contribution in [0.25, 0.3) is 11.3 Å². The summed E-state index contributed by atoms with van der Waals surface area (Å²) in [5.41, 5.74) is 4.35. The van der Waals surface area contributed by atoms with Gasteiger partial charge in [0, 0.05) is 37.2 Å². The lowest BCUT2D eigenvalue weighted by Crippen LogP contribution is -2.14. The number of nitrogens with one attached hydrogen (secondary N) is 2. The molecule has 0 fully saturated rings. The van der Waals surface area contributed by atoms with Crippen LogP contribution in [0, 0.1) is 0 Å². The van der Waals surface area contributed by atoms with E-state index in [1.807, 2.05) is 67.5 Å². The van der Waals surface area contributed by atoms with E-state index < -0.39 is 0 Å². The molecule has 0 aliphatic carbocycles. The van der Waals surface area contributed by atoms with Crippen LogP contribution < -0.4 is 10.2 Å². The van der Waals surface area contributed by atoms with Gasteiger partial charge in [-0.1, -0.05) is 18.2 Å². The molecule has 1 heterocycles. The third kappa shape index (κ3) is 3.40. The second-order valence-corrected chi connectivity index (χ2v) is 5.45. The van der Waals surface area contributed by atoms with E-state index in [1.165, 1.54) is 0 Å². The van der Waals surface area contributed by atoms with Gasteiger partial charge < -0.3 is 10.2 Å². The van der Waals surface area contributed by atoms with E-state index in [0.717, 1.165) is 22.6 Å². The minimum absolute atomic E-state index is 0.122. The first kappa shape index (κ1) is 14.8. The maximum Gasteiger partial charge on any atom is 0.255 e. The van der Waals surface area contributed by atoms with Crippen molar-refractivity contribution in [3.63, 3.8) is 0 Å². The summed E-state index contributed by atoms with van der Waals surface area (Å²) >= 11 is 0. The number of aromatic nitrogens is 2. The molecule has 0 bridgehead atoms. The number of nitrogens with zero attached hydrogens (tertiary/aromatic N) is 2. The third-order valence-electron chi connectivity index (χ3n) is 3.58. The highest BCUT2D eigenvalue weighted by Gasteiger charge is 2.08. The lowest BCUT2D eigenvalue weighted by Gasteiger charge is -2.13. The fourth-order valence-corrected chi connectivity index (χ4v) is 2.28. The summed E-state index contributed by atoms with van der Waals surface area (Å²) < 4.78 is 0. The minimum Gasteiger partial charge on any atom is -0.378 e. The van der Waals surface area contributed by atoms with Crippen molar-refractivity contribution in [2.24, 2.45) is 0 Å². The Morgan fingerprint density at radius 2 is 1.87 bits per heavy atom. The van der Waals surface area contributed by atoms with E-state index in [2.05, 4.69) is 15.5 Å². The largest absolute Gasteiger partial charge is 0.378 e. The first-order chi connectivity index (χ1) is 11.1. The van der Waals surface area contributed by atoms with Gasteiger partial charge in [0.15, 0.2) is 0 Å². The van der Waals surface area contributed by atoms with Gasteiger partial charge in [-0.25, -0.2) is 0 Å². The first-order valence-electron chi connectivity index (χ1n) is 7.32. The summed E-state index contributed by atoms with van der Waals surface area (Å²) in [4.78, 5) is 14.3. The number of H-pyrrole nitrogens is 1. The number of carbonyl (C=O) groups excluding carboxylic acids is 1. The highest BCUT2D eigenvalue weighted by Crippen LogP contribution is 2.20. The van der Waals surface area contributed by atoms with Gasteiger partial charge in [0.2, 0.25) is 0 Å². The Hall–Kier alpha value is -3.08. The van der Waals surface area contributed by atoms with Gasteiger partial charge in [0.05, 0.1) is 5.69 Å². The summed E-state index contributed by atoms with van der Waals surface area (Å²) in [6.07, 6.45) is 1.71. The van der Waals surface area contributed by atoms with Crippen LogP contribution in [0.4, 0.5) is 11.4 Å². The Bertz CT molecular complexity index is 792. The molecular weight excluding hydrogens is 288 g/mol. The molecule has 0 saturated heterocycles. The van der Waals surface area contributed by atoms with Gasteiger partial charge in [-0.15, -0.1) is 0 Å². The number of rotatable bonds is 4. The molecule has 0 radical (unpaired) electrons. The van der Waals surface area contributed by atoms with E-state index >= 15 is 0 Å². The Balaban J connectivity index is 1.74. The molecule has 1 aromatic heterocycles. The van der Waals surface area contributed by atoms with Crippen LogP contribution in [0.5, 0.6) is 0 Å². The third-order valence-corrected chi connectivity index (χ3v) is 3.58. The summed E-state index contributed by atoms with van der Waals surface area (Å²) in [6, 6.07) is 17.1. The Labute approximate surface area is 135 Å². The fourth-order valence-electron chi connectivity index (χ4n) is 2.28. The van der Waals surface area contributed by atoms with E-state index in [0.29, 0.717) is 5.56 Å². The molecule has 5 heteroatoms. The minimum atomic E-state index is -0.122. The van der Waals surface area contributed by atoms with Gasteiger partial charge in [0.25, 0.3) is 5.91 Å². The number of aromatic amines is 1. The van der Waals surface area contributed by atoms with Crippen molar-refractivity contribution < 1.29 is 4.79 Å². The number of amides is 1. The first-order valence-corrected chi connectivity index (χ1v) is 7.32. The SMILES string of the molecule is CN(C)c1cccc(C(=O)Nc2ccc(-c3ccn[nH]3)cc2)c1. The molecular formula is C18H18N4O. The lowest BCUT2D eigenvalue weighted by atomic mass is 10.1. The zero-order valence-electron chi connectivity index (χ0n) is 13.1. The second kappa shape index (κ2) is 6.36. The Morgan fingerprint density at radius 1 is 1.09 bits per heavy atom. The Morgan fingerprint density at radius 3 is 2.52 bits per heavy atom. The molecule has 0 aliphatic rings. The van der Waals surface area contributed by atoms with Crippen LogP contribution in [0.3, 0.4) is 0 Å². The smallest absolute Gasteiger partial charge is 0.255 e. The van der Waals surface area contributed by atoms with Crippen molar-refractivity contribution >= 4 is 17.3 Å². The number of carbonyl (C=O) groups is 1. The van der Waals surface area contributed by atoms with Gasteiger partial charge in [-0.2, -0.15) is 5.10 Å². The van der Waals surface area contributed by atoms with E-state index in [1.54, 1.807) is 12.3 Å². The van der Waals surface area contributed by atoms with Crippen LogP contribution in [-0.4, -0.2) is 30.2 Å². The van der Waals surface area contributed by atoms with Crippen molar-refractivity contribution in [2.75, 3.05) is 24.3 Å². The summed E-state index contributed by atoms with van der Waals surface area (Å²) in [6.45, 7) is 0. The molecule has 3 aromatic rings. The molecule has 1 amide bonds. The Kier molecular flexibility index (Phi) is 4.10. The van der Waals surface area contributed by atoms with E-state index in [4.69, 9.17) is 0 Å². The predicted octanol–water partition coefficient (Wildman–Crippen LogP) is 3.40. The quantitative estimate of drug-likeness (QED) is 0.776. The maximum absolute atomic E-state index is 12.4. The summed E-state index contributed by atoms with van der Waals surface area (Å²) in [7, 11) is 3.90. The van der Waals surface area contributed by atoms with Crippen molar-refractivity contribution in [3.05, 3.63) is 66.4 Å². The molecule has 2 aromatic carbocycles. The predicted molar refractivity (Wildman–Crippen MR) is 92.7 cm³/mol. The maximum atomic E-state index is 12.4. The monoisotopic (exact) mass is 306 g/mol. The van der Waals surface area contributed by atoms with Crippen molar-refractivity contribution in [1.29, 1.82) is 0 Å². The zero-order chi connectivity index (χ0) is 16.2. The number of hydrogen-bond donors (Lipinski definition) is 2. The van der Waals surface area contributed by atoms with Crippen LogP contribution in [0.15, 0.2) is 60.8 Å². The molecule has 0 spiro atoms. The standard InChI is InChI=1S/C18H18N4O/c1-22(2)16-5-3-4-14(12-16)18(23)20-15-8-6-13(7-9-15)17-10-11-19-21-17/h3-12H,1-2H3,(H,19,21)(H,20,23). The molecule has 2 N–H and O–H groups in total. The molecule has 0 atom stereocenters. The van der Waals surface area contributed by atoms with Crippen LogP contribution in [0.1, 0.15) is 10.4 Å². The molecule has 116 valence electrons. The van der Waals surface area contributed by atoms with Crippen LogP contribution in [-0.2, 0) is 0 Å². The zero-order valence-corrected chi connectivity index (χ0v) is 13.1.